The Kier molecular flexibility index (Phi) is 4.34. The van der Waals surface area contributed by atoms with E-state index in [1.165, 1.54) is 6.08 Å². The van der Waals surface area contributed by atoms with Gasteiger partial charge in [-0.25, -0.2) is 9.59 Å². The number of allylic oxidation sites excluding steroid dienone is 1. The molecule has 1 aliphatic rings. The van der Waals surface area contributed by atoms with Crippen LogP contribution in [-0.4, -0.2) is 16.5 Å². The molecule has 134 valence electrons. The van der Waals surface area contributed by atoms with Gasteiger partial charge in [0.15, 0.2) is 0 Å². The number of aromatic nitrogens is 1. The van der Waals surface area contributed by atoms with Crippen LogP contribution in [0.15, 0.2) is 79.0 Å². The van der Waals surface area contributed by atoms with Crippen LogP contribution in [0.4, 0.5) is 0 Å². The highest BCUT2D eigenvalue weighted by Gasteiger charge is 2.34. The van der Waals surface area contributed by atoms with Crippen molar-refractivity contribution in [2.75, 3.05) is 0 Å². The van der Waals surface area contributed by atoms with Crippen molar-refractivity contribution in [3.63, 3.8) is 0 Å². The lowest BCUT2D eigenvalue weighted by atomic mass is 10.1. The van der Waals surface area contributed by atoms with Gasteiger partial charge in [0.05, 0.1) is 0 Å². The second kappa shape index (κ2) is 6.96. The summed E-state index contributed by atoms with van der Waals surface area (Å²) in [5.41, 5.74) is 2.22. The van der Waals surface area contributed by atoms with Gasteiger partial charge < -0.3 is 14.0 Å². The van der Waals surface area contributed by atoms with Crippen LogP contribution in [0, 0.1) is 0 Å². The summed E-state index contributed by atoms with van der Waals surface area (Å²) in [6.07, 6.45) is 4.17. The van der Waals surface area contributed by atoms with E-state index in [9.17, 15) is 9.59 Å². The molecule has 3 aromatic rings. The molecule has 0 bridgehead atoms. The standard InChI is InChI=1S/C22H17NO4/c1-2-12-23-14-16(17-10-6-7-11-19(17)23)13-18-20(24)26-22(27-21(18)25)15-8-4-3-5-9-15/h2-11,13-14,22H,1,12H2. The second-order valence-corrected chi connectivity index (χ2v) is 6.15. The zero-order valence-electron chi connectivity index (χ0n) is 14.5. The highest BCUT2D eigenvalue weighted by atomic mass is 16.7. The summed E-state index contributed by atoms with van der Waals surface area (Å²) < 4.78 is 12.6. The summed E-state index contributed by atoms with van der Waals surface area (Å²) in [5, 5.41) is 0.928. The highest BCUT2D eigenvalue weighted by molar-refractivity contribution is 6.19. The molecule has 1 aromatic heterocycles. The maximum Gasteiger partial charge on any atom is 0.348 e. The monoisotopic (exact) mass is 359 g/mol. The Hall–Kier alpha value is -3.60. The van der Waals surface area contributed by atoms with Crippen molar-refractivity contribution >= 4 is 28.9 Å². The van der Waals surface area contributed by atoms with Crippen molar-refractivity contribution in [1.29, 1.82) is 0 Å². The van der Waals surface area contributed by atoms with E-state index in [0.717, 1.165) is 16.5 Å². The van der Waals surface area contributed by atoms with Crippen molar-refractivity contribution in [2.45, 2.75) is 12.8 Å². The largest absolute Gasteiger partial charge is 0.417 e. The third-order valence-corrected chi connectivity index (χ3v) is 4.38. The summed E-state index contributed by atoms with van der Waals surface area (Å²) in [6, 6.07) is 16.6. The number of nitrogens with zero attached hydrogens (tertiary/aromatic N) is 1. The average Bonchev–Trinajstić information content (AvgIpc) is 3.03. The van der Waals surface area contributed by atoms with Gasteiger partial charge in [0.2, 0.25) is 0 Å². The number of fused-ring (bicyclic) bond motifs is 1. The molecule has 2 heterocycles. The predicted octanol–water partition coefficient (Wildman–Crippen LogP) is 4.01. The minimum atomic E-state index is -1.02. The smallest absolute Gasteiger partial charge is 0.348 e. The zero-order valence-corrected chi connectivity index (χ0v) is 14.5. The first-order valence-corrected chi connectivity index (χ1v) is 8.55. The molecule has 0 amide bonds. The van der Waals surface area contributed by atoms with Crippen molar-refractivity contribution < 1.29 is 19.1 Å². The number of ether oxygens (including phenoxy) is 2. The van der Waals surface area contributed by atoms with Crippen molar-refractivity contribution in [3.05, 3.63) is 90.1 Å². The summed E-state index contributed by atoms with van der Waals surface area (Å²) in [5.74, 6) is -1.39. The lowest BCUT2D eigenvalue weighted by Gasteiger charge is -2.23. The van der Waals surface area contributed by atoms with Gasteiger partial charge in [-0.2, -0.15) is 0 Å². The number of rotatable bonds is 4. The first-order valence-electron chi connectivity index (χ1n) is 8.55. The molecule has 1 saturated heterocycles. The molecule has 1 aliphatic heterocycles. The Morgan fingerprint density at radius 1 is 0.963 bits per heavy atom. The molecule has 0 N–H and O–H groups in total. The van der Waals surface area contributed by atoms with E-state index in [0.29, 0.717) is 12.1 Å². The van der Waals surface area contributed by atoms with Gasteiger partial charge in [-0.15, -0.1) is 6.58 Å². The molecule has 1 fully saturated rings. The van der Waals surface area contributed by atoms with Gasteiger partial charge in [0.1, 0.15) is 5.57 Å². The molecule has 4 rings (SSSR count). The number of carbonyl (C=O) groups is 2. The summed E-state index contributed by atoms with van der Waals surface area (Å²) in [6.45, 7) is 4.38. The Morgan fingerprint density at radius 3 is 2.33 bits per heavy atom. The molecular formula is C22H17NO4. The van der Waals surface area contributed by atoms with Gasteiger partial charge in [-0.3, -0.25) is 0 Å². The third kappa shape index (κ3) is 3.15. The molecule has 5 heteroatoms. The predicted molar refractivity (Wildman–Crippen MR) is 101 cm³/mol. The number of hydrogen-bond donors (Lipinski definition) is 0. The van der Waals surface area contributed by atoms with Gasteiger partial charge in [0.25, 0.3) is 6.29 Å². The first-order chi connectivity index (χ1) is 13.2. The Bertz CT molecular complexity index is 1040. The minimum Gasteiger partial charge on any atom is -0.417 e. The van der Waals surface area contributed by atoms with E-state index in [-0.39, 0.29) is 5.57 Å². The molecule has 0 aliphatic carbocycles. The highest BCUT2D eigenvalue weighted by Crippen LogP contribution is 2.29. The lowest BCUT2D eigenvalue weighted by Crippen LogP contribution is -2.29. The normalized spacial score (nSPS) is 16.7. The number of carbonyl (C=O) groups excluding carboxylic acids is 2. The fraction of sp³-hybridized carbons (Fsp3) is 0.0909. The molecule has 0 unspecified atom stereocenters. The van der Waals surface area contributed by atoms with Crippen LogP contribution in [0.5, 0.6) is 0 Å². The van der Waals surface area contributed by atoms with Gasteiger partial charge in [-0.1, -0.05) is 54.6 Å². The van der Waals surface area contributed by atoms with E-state index >= 15 is 0 Å². The number of para-hydroxylation sites is 1. The van der Waals surface area contributed by atoms with Crippen molar-refractivity contribution in [3.8, 4) is 0 Å². The van der Waals surface area contributed by atoms with E-state index in [4.69, 9.17) is 9.47 Å². The molecule has 27 heavy (non-hydrogen) atoms. The molecule has 0 spiro atoms. The van der Waals surface area contributed by atoms with Crippen LogP contribution in [0.2, 0.25) is 0 Å². The second-order valence-electron chi connectivity index (χ2n) is 6.15. The van der Waals surface area contributed by atoms with E-state index < -0.39 is 18.2 Å². The SMILES string of the molecule is C=CCn1cc(C=C2C(=O)OC(c3ccccc3)OC2=O)c2ccccc21. The molecule has 2 aromatic carbocycles. The average molecular weight is 359 g/mol. The Labute approximate surface area is 156 Å². The van der Waals surface area contributed by atoms with Crippen LogP contribution in [0.25, 0.3) is 17.0 Å². The van der Waals surface area contributed by atoms with Gasteiger partial charge in [-0.05, 0) is 12.1 Å². The number of benzene rings is 2. The molecule has 0 radical (unpaired) electrons. The van der Waals surface area contributed by atoms with Crippen molar-refractivity contribution in [1.82, 2.24) is 4.57 Å². The number of hydrogen-bond acceptors (Lipinski definition) is 4. The molecular weight excluding hydrogens is 342 g/mol. The molecule has 0 atom stereocenters. The van der Waals surface area contributed by atoms with Crippen LogP contribution >= 0.6 is 0 Å². The number of esters is 2. The Balaban J connectivity index is 1.69. The third-order valence-electron chi connectivity index (χ3n) is 4.38. The van der Waals surface area contributed by atoms with Crippen LogP contribution in [-0.2, 0) is 25.6 Å². The maximum atomic E-state index is 12.4. The van der Waals surface area contributed by atoms with Crippen LogP contribution < -0.4 is 0 Å². The lowest BCUT2D eigenvalue weighted by molar-refractivity contribution is -0.195. The van der Waals surface area contributed by atoms with E-state index in [1.54, 1.807) is 30.3 Å². The topological polar surface area (TPSA) is 57.5 Å². The summed E-state index contributed by atoms with van der Waals surface area (Å²) in [7, 11) is 0. The van der Waals surface area contributed by atoms with Crippen molar-refractivity contribution in [2.24, 2.45) is 0 Å². The quantitative estimate of drug-likeness (QED) is 0.306. The van der Waals surface area contributed by atoms with Crippen LogP contribution in [0.3, 0.4) is 0 Å². The summed E-state index contributed by atoms with van der Waals surface area (Å²) >= 11 is 0. The zero-order chi connectivity index (χ0) is 18.8. The van der Waals surface area contributed by atoms with Gasteiger partial charge >= 0.3 is 11.9 Å². The number of cyclic esters (lactones) is 2. The minimum absolute atomic E-state index is 0.122. The first kappa shape index (κ1) is 16.8. The van der Waals surface area contributed by atoms with E-state index in [1.807, 2.05) is 41.1 Å². The fourth-order valence-electron chi connectivity index (χ4n) is 3.13. The molecule has 0 saturated carbocycles. The van der Waals surface area contributed by atoms with Crippen LogP contribution in [0.1, 0.15) is 17.4 Å². The van der Waals surface area contributed by atoms with Gasteiger partial charge in [0, 0.05) is 34.8 Å². The molecule has 5 nitrogen and oxygen atoms in total. The van der Waals surface area contributed by atoms with E-state index in [2.05, 4.69) is 6.58 Å². The Morgan fingerprint density at radius 2 is 1.63 bits per heavy atom. The maximum absolute atomic E-state index is 12.4. The fourth-order valence-corrected chi connectivity index (χ4v) is 3.13. The summed E-state index contributed by atoms with van der Waals surface area (Å²) in [4.78, 5) is 24.9.